The number of piperazine rings is 1. The van der Waals surface area contributed by atoms with Gasteiger partial charge in [-0.3, -0.25) is 4.79 Å². The molecule has 110 valence electrons. The van der Waals surface area contributed by atoms with Crippen LogP contribution in [0.4, 0.5) is 0 Å². The molecule has 0 aromatic heterocycles. The number of nitrogens with zero attached hydrogens (tertiary/aromatic N) is 1. The van der Waals surface area contributed by atoms with Crippen LogP contribution >= 0.6 is 0 Å². The normalized spacial score (nSPS) is 32.3. The summed E-state index contributed by atoms with van der Waals surface area (Å²) in [5, 5.41) is 3.36. The highest BCUT2D eigenvalue weighted by atomic mass is 16.2. The summed E-state index contributed by atoms with van der Waals surface area (Å²) in [6.07, 6.45) is 8.85. The summed E-state index contributed by atoms with van der Waals surface area (Å²) in [4.78, 5) is 14.7. The van der Waals surface area contributed by atoms with E-state index < -0.39 is 0 Å². The second-order valence-electron chi connectivity index (χ2n) is 6.44. The number of carbonyl (C=O) groups is 1. The molecule has 3 nitrogen and oxygen atoms in total. The highest BCUT2D eigenvalue weighted by Crippen LogP contribution is 2.33. The minimum Gasteiger partial charge on any atom is -0.337 e. The summed E-state index contributed by atoms with van der Waals surface area (Å²) in [5.74, 6) is 1.64. The highest BCUT2D eigenvalue weighted by Gasteiger charge is 2.32. The first-order chi connectivity index (χ1) is 9.22. The molecule has 2 aliphatic rings. The number of hydrogen-bond donors (Lipinski definition) is 1. The van der Waals surface area contributed by atoms with Crippen molar-refractivity contribution in [3.05, 3.63) is 0 Å². The van der Waals surface area contributed by atoms with Crippen LogP contribution in [-0.4, -0.2) is 36.5 Å². The van der Waals surface area contributed by atoms with Crippen LogP contribution < -0.4 is 5.32 Å². The molecule has 0 unspecified atom stereocenters. The van der Waals surface area contributed by atoms with Gasteiger partial charge in [-0.15, -0.1) is 0 Å². The van der Waals surface area contributed by atoms with Crippen molar-refractivity contribution in [2.75, 3.05) is 19.6 Å². The van der Waals surface area contributed by atoms with Crippen LogP contribution in [0, 0.1) is 11.8 Å². The summed E-state index contributed by atoms with van der Waals surface area (Å²) in [7, 11) is 0. The predicted octanol–water partition coefficient (Wildman–Crippen LogP) is 2.80. The van der Waals surface area contributed by atoms with Gasteiger partial charge in [-0.1, -0.05) is 26.2 Å². The Bertz CT molecular complexity index is 284. The van der Waals surface area contributed by atoms with Gasteiger partial charge < -0.3 is 10.2 Å². The molecule has 0 radical (unpaired) electrons. The van der Waals surface area contributed by atoms with Gasteiger partial charge in [0.2, 0.25) is 5.91 Å². The summed E-state index contributed by atoms with van der Waals surface area (Å²) < 4.78 is 0. The van der Waals surface area contributed by atoms with E-state index in [1.807, 2.05) is 0 Å². The van der Waals surface area contributed by atoms with E-state index in [9.17, 15) is 4.79 Å². The van der Waals surface area contributed by atoms with Gasteiger partial charge in [0.15, 0.2) is 0 Å². The Hall–Kier alpha value is -0.570. The zero-order chi connectivity index (χ0) is 13.7. The van der Waals surface area contributed by atoms with Gasteiger partial charge in [-0.2, -0.15) is 0 Å². The molecule has 2 fully saturated rings. The van der Waals surface area contributed by atoms with Crippen LogP contribution in [0.2, 0.25) is 0 Å². The third-order valence-electron chi connectivity index (χ3n) is 4.95. The van der Waals surface area contributed by atoms with Crippen LogP contribution in [0.1, 0.15) is 58.8 Å². The van der Waals surface area contributed by atoms with Crippen LogP contribution in [0.5, 0.6) is 0 Å². The van der Waals surface area contributed by atoms with Crippen molar-refractivity contribution in [2.45, 2.75) is 64.8 Å². The number of amides is 1. The van der Waals surface area contributed by atoms with Gasteiger partial charge in [-0.05, 0) is 38.5 Å². The number of rotatable bonds is 4. The Morgan fingerprint density at radius 3 is 2.63 bits per heavy atom. The van der Waals surface area contributed by atoms with Crippen molar-refractivity contribution in [2.24, 2.45) is 11.8 Å². The monoisotopic (exact) mass is 266 g/mol. The third kappa shape index (κ3) is 3.95. The molecule has 1 aliphatic carbocycles. The first kappa shape index (κ1) is 14.8. The molecular formula is C16H30N2O. The van der Waals surface area contributed by atoms with Gasteiger partial charge in [0.25, 0.3) is 0 Å². The van der Waals surface area contributed by atoms with Crippen LogP contribution in [0.25, 0.3) is 0 Å². The zero-order valence-corrected chi connectivity index (χ0v) is 12.7. The lowest BCUT2D eigenvalue weighted by Crippen LogP contribution is -2.54. The molecule has 0 aromatic carbocycles. The Labute approximate surface area is 118 Å². The summed E-state index contributed by atoms with van der Waals surface area (Å²) in [6.45, 7) is 7.24. The fourth-order valence-corrected chi connectivity index (χ4v) is 3.59. The van der Waals surface area contributed by atoms with Crippen LogP contribution in [0.15, 0.2) is 0 Å². The molecule has 2 rings (SSSR count). The van der Waals surface area contributed by atoms with Crippen molar-refractivity contribution in [3.63, 3.8) is 0 Å². The fourth-order valence-electron chi connectivity index (χ4n) is 3.59. The van der Waals surface area contributed by atoms with Gasteiger partial charge in [0, 0.05) is 31.6 Å². The second-order valence-corrected chi connectivity index (χ2v) is 6.44. The van der Waals surface area contributed by atoms with Gasteiger partial charge >= 0.3 is 0 Å². The van der Waals surface area contributed by atoms with Crippen molar-refractivity contribution in [1.82, 2.24) is 10.2 Å². The molecule has 1 saturated heterocycles. The lowest BCUT2D eigenvalue weighted by molar-refractivity contribution is -0.139. The highest BCUT2D eigenvalue weighted by molar-refractivity contribution is 5.79. The molecule has 3 heteroatoms. The minimum absolute atomic E-state index is 0.318. The molecule has 1 N–H and O–H groups in total. The van der Waals surface area contributed by atoms with E-state index in [1.54, 1.807) is 0 Å². The molecule has 1 atom stereocenters. The van der Waals surface area contributed by atoms with Crippen molar-refractivity contribution in [3.8, 4) is 0 Å². The van der Waals surface area contributed by atoms with E-state index in [1.165, 1.54) is 32.1 Å². The van der Waals surface area contributed by atoms with E-state index in [-0.39, 0.29) is 0 Å². The predicted molar refractivity (Wildman–Crippen MR) is 79.0 cm³/mol. The summed E-state index contributed by atoms with van der Waals surface area (Å²) in [5.41, 5.74) is 0. The zero-order valence-electron chi connectivity index (χ0n) is 12.7. The van der Waals surface area contributed by atoms with E-state index in [2.05, 4.69) is 24.1 Å². The first-order valence-electron chi connectivity index (χ1n) is 8.23. The Balaban J connectivity index is 1.78. The second kappa shape index (κ2) is 7.28. The molecule has 0 spiro atoms. The molecule has 1 heterocycles. The lowest BCUT2D eigenvalue weighted by Gasteiger charge is -2.38. The largest absolute Gasteiger partial charge is 0.337 e. The summed E-state index contributed by atoms with van der Waals surface area (Å²) >= 11 is 0. The minimum atomic E-state index is 0.318. The Morgan fingerprint density at radius 2 is 2.00 bits per heavy atom. The summed E-state index contributed by atoms with van der Waals surface area (Å²) in [6, 6.07) is 0.374. The smallest absolute Gasteiger partial charge is 0.226 e. The molecule has 0 bridgehead atoms. The molecule has 1 amide bonds. The Morgan fingerprint density at radius 1 is 1.26 bits per heavy atom. The maximum Gasteiger partial charge on any atom is 0.226 e. The number of unbranched alkanes of at least 4 members (excludes halogenated alkanes) is 1. The van der Waals surface area contributed by atoms with E-state index in [0.29, 0.717) is 17.9 Å². The maximum atomic E-state index is 12.6. The van der Waals surface area contributed by atoms with E-state index >= 15 is 0 Å². The average Bonchev–Trinajstić information content (AvgIpc) is 2.45. The number of carbonyl (C=O) groups excluding carboxylic acids is 1. The lowest BCUT2D eigenvalue weighted by atomic mass is 9.79. The third-order valence-corrected chi connectivity index (χ3v) is 4.95. The first-order valence-corrected chi connectivity index (χ1v) is 8.23. The van der Waals surface area contributed by atoms with Crippen LogP contribution in [0.3, 0.4) is 0 Å². The Kier molecular flexibility index (Phi) is 5.68. The molecule has 1 saturated carbocycles. The molecule has 19 heavy (non-hydrogen) atoms. The van der Waals surface area contributed by atoms with Crippen molar-refractivity contribution < 1.29 is 4.79 Å². The molecule has 0 aromatic rings. The topological polar surface area (TPSA) is 32.3 Å². The average molecular weight is 266 g/mol. The number of nitrogens with one attached hydrogen (secondary N) is 1. The fraction of sp³-hybridized carbons (Fsp3) is 0.938. The maximum absolute atomic E-state index is 12.6. The van der Waals surface area contributed by atoms with E-state index in [4.69, 9.17) is 0 Å². The molecule has 1 aliphatic heterocycles. The van der Waals surface area contributed by atoms with Gasteiger partial charge in [0.1, 0.15) is 0 Å². The van der Waals surface area contributed by atoms with Gasteiger partial charge in [0.05, 0.1) is 0 Å². The quantitative estimate of drug-likeness (QED) is 0.848. The molecular weight excluding hydrogens is 236 g/mol. The van der Waals surface area contributed by atoms with Crippen molar-refractivity contribution in [1.29, 1.82) is 0 Å². The van der Waals surface area contributed by atoms with Gasteiger partial charge in [-0.25, -0.2) is 0 Å². The van der Waals surface area contributed by atoms with E-state index in [0.717, 1.165) is 38.4 Å². The standard InChI is InChI=1S/C16H30N2O/c1-3-4-5-14-6-8-15(9-7-14)16(19)18-11-10-17-12-13(18)2/h13-15,17H,3-12H2,1-2H3/t13-,14?,15?/m1/s1. The van der Waals surface area contributed by atoms with Crippen LogP contribution in [-0.2, 0) is 4.79 Å². The number of hydrogen-bond acceptors (Lipinski definition) is 2. The SMILES string of the molecule is CCCCC1CCC(C(=O)N2CCNC[C@H]2C)CC1. The van der Waals surface area contributed by atoms with Crippen molar-refractivity contribution >= 4 is 5.91 Å².